The molecule has 0 saturated heterocycles. The van der Waals surface area contributed by atoms with Gasteiger partial charge < -0.3 is 4.90 Å². The Morgan fingerprint density at radius 3 is 2.56 bits per heavy atom. The van der Waals surface area contributed by atoms with E-state index < -0.39 is 0 Å². The van der Waals surface area contributed by atoms with Crippen molar-refractivity contribution in [2.24, 2.45) is 0 Å². The van der Waals surface area contributed by atoms with Crippen molar-refractivity contribution in [1.82, 2.24) is 10.2 Å². The van der Waals surface area contributed by atoms with E-state index in [4.69, 9.17) is 5.41 Å². The van der Waals surface area contributed by atoms with Crippen LogP contribution in [0.1, 0.15) is 11.1 Å². The highest BCUT2D eigenvalue weighted by Crippen LogP contribution is 2.07. The molecule has 0 fully saturated rings. The first-order chi connectivity index (χ1) is 7.50. The van der Waals surface area contributed by atoms with Crippen molar-refractivity contribution in [3.63, 3.8) is 0 Å². The van der Waals surface area contributed by atoms with Gasteiger partial charge in [0.1, 0.15) is 0 Å². The Balaban J connectivity index is 2.59. The van der Waals surface area contributed by atoms with Crippen LogP contribution in [0.3, 0.4) is 0 Å². The van der Waals surface area contributed by atoms with Crippen molar-refractivity contribution < 1.29 is 4.79 Å². The van der Waals surface area contributed by atoms with E-state index in [1.54, 1.807) is 19.0 Å². The number of benzene rings is 1. The van der Waals surface area contributed by atoms with Gasteiger partial charge in [-0.15, -0.1) is 0 Å². The molecule has 1 amide bonds. The first-order valence-electron chi connectivity index (χ1n) is 5.11. The zero-order chi connectivity index (χ0) is 12.1. The average Bonchev–Trinajstić information content (AvgIpc) is 2.21. The van der Waals surface area contributed by atoms with Gasteiger partial charge in [0.15, 0.2) is 5.96 Å². The van der Waals surface area contributed by atoms with Crippen LogP contribution in [0.15, 0.2) is 24.3 Å². The maximum atomic E-state index is 11.6. The van der Waals surface area contributed by atoms with Crippen LogP contribution in [0.4, 0.5) is 0 Å². The summed E-state index contributed by atoms with van der Waals surface area (Å²) in [4.78, 5) is 13.2. The third kappa shape index (κ3) is 3.38. The molecule has 0 aliphatic rings. The molecule has 1 aromatic rings. The maximum absolute atomic E-state index is 11.6. The number of amides is 1. The van der Waals surface area contributed by atoms with E-state index in [0.717, 1.165) is 11.1 Å². The van der Waals surface area contributed by atoms with Gasteiger partial charge in [-0.1, -0.05) is 24.3 Å². The number of hydrogen-bond acceptors (Lipinski definition) is 2. The number of guanidine groups is 1. The highest BCUT2D eigenvalue weighted by atomic mass is 16.1. The lowest BCUT2D eigenvalue weighted by atomic mass is 10.1. The second-order valence-electron chi connectivity index (χ2n) is 3.89. The van der Waals surface area contributed by atoms with Crippen LogP contribution in [0.2, 0.25) is 0 Å². The predicted molar refractivity (Wildman–Crippen MR) is 64.4 cm³/mol. The van der Waals surface area contributed by atoms with Gasteiger partial charge in [0, 0.05) is 14.1 Å². The molecular weight excluding hydrogens is 202 g/mol. The van der Waals surface area contributed by atoms with Crippen molar-refractivity contribution >= 4 is 11.9 Å². The van der Waals surface area contributed by atoms with Gasteiger partial charge in [0.05, 0.1) is 6.42 Å². The highest BCUT2D eigenvalue weighted by Gasteiger charge is 2.08. The number of nitrogens with zero attached hydrogens (tertiary/aromatic N) is 1. The number of rotatable bonds is 2. The van der Waals surface area contributed by atoms with Crippen LogP contribution in [-0.2, 0) is 11.2 Å². The standard InChI is InChI=1S/C12H17N3O/c1-9-6-4-5-7-10(9)8-11(16)14-12(13)15(2)3/h4-7H,8H2,1-3H3,(H2,13,14,16). The van der Waals surface area contributed by atoms with Crippen molar-refractivity contribution in [3.8, 4) is 0 Å². The third-order valence-corrected chi connectivity index (χ3v) is 2.32. The van der Waals surface area contributed by atoms with Crippen LogP contribution >= 0.6 is 0 Å². The summed E-state index contributed by atoms with van der Waals surface area (Å²) in [6, 6.07) is 7.75. The Morgan fingerprint density at radius 2 is 2.00 bits per heavy atom. The quantitative estimate of drug-likeness (QED) is 0.579. The number of nitrogens with one attached hydrogen (secondary N) is 2. The second-order valence-corrected chi connectivity index (χ2v) is 3.89. The molecule has 1 aromatic carbocycles. The monoisotopic (exact) mass is 219 g/mol. The Bertz CT molecular complexity index is 399. The summed E-state index contributed by atoms with van der Waals surface area (Å²) in [7, 11) is 3.44. The minimum absolute atomic E-state index is 0.110. The fourth-order valence-electron chi connectivity index (χ4n) is 1.27. The molecule has 0 spiro atoms. The third-order valence-electron chi connectivity index (χ3n) is 2.32. The van der Waals surface area contributed by atoms with Crippen molar-refractivity contribution in [2.45, 2.75) is 13.3 Å². The molecule has 0 saturated carbocycles. The molecule has 0 aliphatic carbocycles. The summed E-state index contributed by atoms with van der Waals surface area (Å²) in [5.41, 5.74) is 2.08. The van der Waals surface area contributed by atoms with Gasteiger partial charge in [-0.25, -0.2) is 0 Å². The minimum atomic E-state index is -0.159. The topological polar surface area (TPSA) is 56.2 Å². The van der Waals surface area contributed by atoms with Crippen molar-refractivity contribution in [3.05, 3.63) is 35.4 Å². The van der Waals surface area contributed by atoms with Gasteiger partial charge >= 0.3 is 0 Å². The Kier molecular flexibility index (Phi) is 4.05. The Morgan fingerprint density at radius 1 is 1.38 bits per heavy atom. The van der Waals surface area contributed by atoms with E-state index in [-0.39, 0.29) is 11.9 Å². The summed E-state index contributed by atoms with van der Waals surface area (Å²) < 4.78 is 0. The van der Waals surface area contributed by atoms with E-state index >= 15 is 0 Å². The van der Waals surface area contributed by atoms with Gasteiger partial charge in [-0.05, 0) is 18.1 Å². The van der Waals surface area contributed by atoms with E-state index in [9.17, 15) is 4.79 Å². The molecule has 0 radical (unpaired) electrons. The largest absolute Gasteiger partial charge is 0.349 e. The van der Waals surface area contributed by atoms with Crippen molar-refractivity contribution in [2.75, 3.05) is 14.1 Å². The molecule has 0 atom stereocenters. The van der Waals surface area contributed by atoms with Crippen LogP contribution in [0.25, 0.3) is 0 Å². The van der Waals surface area contributed by atoms with E-state index in [0.29, 0.717) is 6.42 Å². The van der Waals surface area contributed by atoms with Gasteiger partial charge in [0.2, 0.25) is 5.91 Å². The van der Waals surface area contributed by atoms with Gasteiger partial charge in [0.25, 0.3) is 0 Å². The molecule has 1 rings (SSSR count). The number of carbonyl (C=O) groups excluding carboxylic acids is 1. The molecule has 0 aliphatic heterocycles. The van der Waals surface area contributed by atoms with E-state index in [1.165, 1.54) is 0 Å². The van der Waals surface area contributed by atoms with Crippen molar-refractivity contribution in [1.29, 1.82) is 5.41 Å². The molecule has 4 heteroatoms. The summed E-state index contributed by atoms with van der Waals surface area (Å²) in [6.07, 6.45) is 0.308. The number of aryl methyl sites for hydroxylation is 1. The second kappa shape index (κ2) is 5.30. The molecule has 0 heterocycles. The molecule has 4 nitrogen and oxygen atoms in total. The van der Waals surface area contributed by atoms with Gasteiger partial charge in [-0.3, -0.25) is 15.5 Å². The van der Waals surface area contributed by atoms with Crippen LogP contribution in [0.5, 0.6) is 0 Å². The molecule has 86 valence electrons. The summed E-state index contributed by atoms with van der Waals surface area (Å²) in [6.45, 7) is 1.97. The molecule has 0 bridgehead atoms. The molecule has 16 heavy (non-hydrogen) atoms. The lowest BCUT2D eigenvalue weighted by Gasteiger charge is -2.14. The Labute approximate surface area is 95.8 Å². The average molecular weight is 219 g/mol. The zero-order valence-electron chi connectivity index (χ0n) is 9.87. The number of hydrogen-bond donors (Lipinski definition) is 2. The molecular formula is C12H17N3O. The molecule has 0 aromatic heterocycles. The highest BCUT2D eigenvalue weighted by molar-refractivity contribution is 5.96. The summed E-state index contributed by atoms with van der Waals surface area (Å²) >= 11 is 0. The fourth-order valence-corrected chi connectivity index (χ4v) is 1.27. The lowest BCUT2D eigenvalue weighted by molar-refractivity contribution is -0.119. The Hall–Kier alpha value is -1.84. The first kappa shape index (κ1) is 12.2. The van der Waals surface area contributed by atoms with Crippen LogP contribution in [-0.4, -0.2) is 30.9 Å². The number of carbonyl (C=O) groups is 1. The van der Waals surface area contributed by atoms with Crippen LogP contribution < -0.4 is 5.32 Å². The summed E-state index contributed by atoms with van der Waals surface area (Å²) in [5, 5.41) is 10.0. The zero-order valence-corrected chi connectivity index (χ0v) is 9.87. The molecule has 2 N–H and O–H groups in total. The SMILES string of the molecule is Cc1ccccc1CC(=O)NC(=N)N(C)C. The fraction of sp³-hybridized carbons (Fsp3) is 0.333. The first-order valence-corrected chi connectivity index (χ1v) is 5.11. The van der Waals surface area contributed by atoms with Gasteiger partial charge in [-0.2, -0.15) is 0 Å². The maximum Gasteiger partial charge on any atom is 0.231 e. The lowest BCUT2D eigenvalue weighted by Crippen LogP contribution is -2.40. The smallest absolute Gasteiger partial charge is 0.231 e. The van der Waals surface area contributed by atoms with E-state index in [2.05, 4.69) is 5.32 Å². The van der Waals surface area contributed by atoms with E-state index in [1.807, 2.05) is 31.2 Å². The summed E-state index contributed by atoms with van der Waals surface area (Å²) in [5.74, 6) is -0.0495. The predicted octanol–water partition coefficient (Wildman–Crippen LogP) is 1.15. The normalized spacial score (nSPS) is 9.69. The molecule has 0 unspecified atom stereocenters. The minimum Gasteiger partial charge on any atom is -0.349 e. The van der Waals surface area contributed by atoms with Crippen LogP contribution in [0, 0.1) is 12.3 Å².